The summed E-state index contributed by atoms with van der Waals surface area (Å²) in [5, 5.41) is 32.4. The number of allylic oxidation sites excluding steroid dienone is 4. The summed E-state index contributed by atoms with van der Waals surface area (Å²) in [6.45, 7) is 15.4. The third kappa shape index (κ3) is 3.27. The van der Waals surface area contributed by atoms with Crippen LogP contribution in [0.25, 0.3) is 0 Å². The lowest BCUT2D eigenvalue weighted by Crippen LogP contribution is -2.67. The highest BCUT2D eigenvalue weighted by atomic mass is 16.4. The molecule has 0 aromatic rings. The van der Waals surface area contributed by atoms with E-state index in [0.717, 1.165) is 44.9 Å². The largest absolute Gasteiger partial charge is 0.478 e. The van der Waals surface area contributed by atoms with E-state index in [4.69, 9.17) is 5.11 Å². The number of carboxylic acids is 1. The molecule has 0 heterocycles. The van der Waals surface area contributed by atoms with Crippen LogP contribution in [0.4, 0.5) is 0 Å². The zero-order valence-electron chi connectivity index (χ0n) is 22.3. The Labute approximate surface area is 206 Å². The topological polar surface area (TPSA) is 77.8 Å². The first-order chi connectivity index (χ1) is 15.6. The third-order valence-electron chi connectivity index (χ3n) is 11.9. The molecule has 3 saturated carbocycles. The van der Waals surface area contributed by atoms with E-state index in [0.29, 0.717) is 11.5 Å². The standard InChI is InChI=1S/C30H46O4/c1-19(25(32)33)9-8-10-20(2)27(5)15-13-21-22-11-12-23-26(3,4)24(31)14-16-29(23,7)30(22,34)18-17-28(21,27)6/h8-10,13,20,22-24,31,34H,11-12,14-18H2,1-7H3,(H,32,33)/b10-8-,19-9+/t20-,22+,23+,24+,27+,28-,29+,30-/m1/s1. The van der Waals surface area contributed by atoms with E-state index in [1.54, 1.807) is 13.0 Å². The summed E-state index contributed by atoms with van der Waals surface area (Å²) >= 11 is 0. The van der Waals surface area contributed by atoms with E-state index >= 15 is 0 Å². The maximum atomic E-state index is 12.5. The van der Waals surface area contributed by atoms with Gasteiger partial charge >= 0.3 is 5.97 Å². The first-order valence-electron chi connectivity index (χ1n) is 13.3. The molecule has 0 aromatic heterocycles. The van der Waals surface area contributed by atoms with Crippen molar-refractivity contribution in [1.82, 2.24) is 0 Å². The second-order valence-electron chi connectivity index (χ2n) is 13.3. The van der Waals surface area contributed by atoms with Gasteiger partial charge in [-0.1, -0.05) is 71.4 Å². The number of carbonyl (C=O) groups is 1. The van der Waals surface area contributed by atoms with Gasteiger partial charge in [0, 0.05) is 16.9 Å². The lowest BCUT2D eigenvalue weighted by Gasteiger charge is -2.68. The maximum absolute atomic E-state index is 12.5. The van der Waals surface area contributed by atoms with Crippen molar-refractivity contribution in [1.29, 1.82) is 0 Å². The number of rotatable bonds is 4. The summed E-state index contributed by atoms with van der Waals surface area (Å²) in [7, 11) is 0. The maximum Gasteiger partial charge on any atom is 0.331 e. The lowest BCUT2D eigenvalue weighted by atomic mass is 9.39. The summed E-state index contributed by atoms with van der Waals surface area (Å²) < 4.78 is 0. The molecular weight excluding hydrogens is 424 g/mol. The fourth-order valence-corrected chi connectivity index (χ4v) is 8.93. The highest BCUT2D eigenvalue weighted by molar-refractivity contribution is 5.86. The second-order valence-corrected chi connectivity index (χ2v) is 13.3. The molecule has 8 atom stereocenters. The normalized spacial score (nSPS) is 46.9. The van der Waals surface area contributed by atoms with E-state index in [-0.39, 0.29) is 39.6 Å². The molecule has 0 spiro atoms. The van der Waals surface area contributed by atoms with Crippen molar-refractivity contribution in [2.75, 3.05) is 0 Å². The number of aliphatic hydroxyl groups is 2. The van der Waals surface area contributed by atoms with Crippen molar-refractivity contribution in [2.24, 2.45) is 39.4 Å². The molecule has 0 unspecified atom stereocenters. The van der Waals surface area contributed by atoms with Gasteiger partial charge in [-0.3, -0.25) is 0 Å². The Balaban J connectivity index is 1.63. The lowest BCUT2D eigenvalue weighted by molar-refractivity contribution is -0.242. The molecule has 190 valence electrons. The minimum absolute atomic E-state index is 0.0199. The van der Waals surface area contributed by atoms with Crippen LogP contribution in [-0.2, 0) is 4.79 Å². The molecule has 0 aliphatic heterocycles. The molecule has 0 radical (unpaired) electrons. The van der Waals surface area contributed by atoms with Crippen molar-refractivity contribution in [2.45, 2.75) is 105 Å². The first-order valence-corrected chi connectivity index (χ1v) is 13.3. The van der Waals surface area contributed by atoms with Crippen LogP contribution in [0, 0.1) is 39.4 Å². The van der Waals surface area contributed by atoms with Gasteiger partial charge in [0.1, 0.15) is 0 Å². The van der Waals surface area contributed by atoms with E-state index in [1.165, 1.54) is 5.57 Å². The Morgan fingerprint density at radius 2 is 1.76 bits per heavy atom. The van der Waals surface area contributed by atoms with Gasteiger partial charge in [0.05, 0.1) is 11.7 Å². The minimum Gasteiger partial charge on any atom is -0.478 e. The SMILES string of the molecule is C/C(=C\C=C/[C@@H](C)[C@]1(C)CC=C2[C@@H]3CC[C@H]4C(C)(C)[C@@H](O)CC[C@]4(C)[C@@]3(O)CC[C@]21C)C(=O)O. The van der Waals surface area contributed by atoms with Crippen LogP contribution < -0.4 is 0 Å². The molecule has 3 fully saturated rings. The number of hydrogen-bond donors (Lipinski definition) is 3. The fourth-order valence-electron chi connectivity index (χ4n) is 8.93. The van der Waals surface area contributed by atoms with E-state index in [1.807, 2.05) is 6.08 Å². The fraction of sp³-hybridized carbons (Fsp3) is 0.767. The van der Waals surface area contributed by atoms with Crippen LogP contribution in [0.2, 0.25) is 0 Å². The van der Waals surface area contributed by atoms with Gasteiger partial charge in [-0.2, -0.15) is 0 Å². The Morgan fingerprint density at radius 3 is 2.41 bits per heavy atom. The van der Waals surface area contributed by atoms with E-state index in [9.17, 15) is 15.0 Å². The van der Waals surface area contributed by atoms with Crippen LogP contribution >= 0.6 is 0 Å². The smallest absolute Gasteiger partial charge is 0.331 e. The number of hydrogen-bond acceptors (Lipinski definition) is 3. The quantitative estimate of drug-likeness (QED) is 0.256. The summed E-state index contributed by atoms with van der Waals surface area (Å²) in [6, 6.07) is 0. The molecule has 0 aromatic carbocycles. The second kappa shape index (κ2) is 8.06. The summed E-state index contributed by atoms with van der Waals surface area (Å²) in [5.41, 5.74) is 0.794. The Bertz CT molecular complexity index is 943. The van der Waals surface area contributed by atoms with Crippen molar-refractivity contribution in [3.8, 4) is 0 Å². The van der Waals surface area contributed by atoms with Crippen LogP contribution in [-0.4, -0.2) is 33.0 Å². The molecule has 0 amide bonds. The molecule has 0 saturated heterocycles. The van der Waals surface area contributed by atoms with Crippen LogP contribution in [0.5, 0.6) is 0 Å². The number of fused-ring (bicyclic) bond motifs is 5. The van der Waals surface area contributed by atoms with E-state index in [2.05, 4.69) is 53.7 Å². The van der Waals surface area contributed by atoms with Gasteiger partial charge in [0.15, 0.2) is 0 Å². The van der Waals surface area contributed by atoms with Crippen LogP contribution in [0.15, 0.2) is 35.5 Å². The zero-order chi connectivity index (χ0) is 25.3. The van der Waals surface area contributed by atoms with Crippen molar-refractivity contribution in [3.63, 3.8) is 0 Å². The first kappa shape index (κ1) is 25.7. The summed E-state index contributed by atoms with van der Waals surface area (Å²) in [6.07, 6.45) is 14.4. The predicted molar refractivity (Wildman–Crippen MR) is 136 cm³/mol. The average molecular weight is 471 g/mol. The van der Waals surface area contributed by atoms with Gasteiger partial charge < -0.3 is 15.3 Å². The molecular formula is C30H46O4. The zero-order valence-corrected chi connectivity index (χ0v) is 22.3. The number of aliphatic carboxylic acids is 1. The molecule has 4 rings (SSSR count). The molecule has 3 N–H and O–H groups in total. The Morgan fingerprint density at radius 1 is 1.09 bits per heavy atom. The highest BCUT2D eigenvalue weighted by Crippen LogP contribution is 2.72. The summed E-state index contributed by atoms with van der Waals surface area (Å²) in [5.74, 6) is -0.0834. The van der Waals surface area contributed by atoms with Gasteiger partial charge in [-0.15, -0.1) is 0 Å². The molecule has 4 aliphatic carbocycles. The van der Waals surface area contributed by atoms with Crippen molar-refractivity contribution in [3.05, 3.63) is 35.5 Å². The molecule has 4 heteroatoms. The molecule has 4 aliphatic rings. The van der Waals surface area contributed by atoms with Crippen LogP contribution in [0.1, 0.15) is 93.4 Å². The average Bonchev–Trinajstić information content (AvgIpc) is 3.04. The highest BCUT2D eigenvalue weighted by Gasteiger charge is 2.69. The van der Waals surface area contributed by atoms with Crippen molar-refractivity contribution < 1.29 is 20.1 Å². The predicted octanol–water partition coefficient (Wildman–Crippen LogP) is 6.29. The van der Waals surface area contributed by atoms with Crippen LogP contribution in [0.3, 0.4) is 0 Å². The molecule has 0 bridgehead atoms. The van der Waals surface area contributed by atoms with Crippen molar-refractivity contribution >= 4 is 5.97 Å². The third-order valence-corrected chi connectivity index (χ3v) is 11.9. The van der Waals surface area contributed by atoms with Gasteiger partial charge in [-0.25, -0.2) is 4.79 Å². The van der Waals surface area contributed by atoms with E-state index < -0.39 is 11.6 Å². The monoisotopic (exact) mass is 470 g/mol. The number of carboxylic acid groups (broad SMARTS) is 1. The number of aliphatic hydroxyl groups excluding tert-OH is 1. The Hall–Kier alpha value is -1.39. The molecule has 4 nitrogen and oxygen atoms in total. The van der Waals surface area contributed by atoms with Gasteiger partial charge in [0.25, 0.3) is 0 Å². The Kier molecular flexibility index (Phi) is 6.09. The van der Waals surface area contributed by atoms with Gasteiger partial charge in [-0.05, 0) is 80.0 Å². The summed E-state index contributed by atoms with van der Waals surface area (Å²) in [4.78, 5) is 11.1. The molecule has 34 heavy (non-hydrogen) atoms. The minimum atomic E-state index is -0.880. The van der Waals surface area contributed by atoms with Gasteiger partial charge in [0.2, 0.25) is 0 Å².